The van der Waals surface area contributed by atoms with Gasteiger partial charge in [-0.25, -0.2) is 8.42 Å². The first-order valence-electron chi connectivity index (χ1n) is 9.92. The number of anilines is 1. The summed E-state index contributed by atoms with van der Waals surface area (Å²) in [7, 11) is -3.47. The van der Waals surface area contributed by atoms with Crippen LogP contribution in [0.2, 0.25) is 0 Å². The summed E-state index contributed by atoms with van der Waals surface area (Å²) in [5.74, 6) is -0.122. The van der Waals surface area contributed by atoms with E-state index >= 15 is 0 Å². The van der Waals surface area contributed by atoms with Gasteiger partial charge in [0.1, 0.15) is 0 Å². The maximum absolute atomic E-state index is 12.6. The van der Waals surface area contributed by atoms with Crippen LogP contribution in [0.15, 0.2) is 53.4 Å². The first-order valence-corrected chi connectivity index (χ1v) is 11.4. The molecule has 1 amide bonds. The number of hydrogen-bond acceptors (Lipinski definition) is 4. The van der Waals surface area contributed by atoms with Gasteiger partial charge in [-0.15, -0.1) is 0 Å². The average molecular weight is 418 g/mol. The average Bonchev–Trinajstić information content (AvgIpc) is 2.68. The van der Waals surface area contributed by atoms with Gasteiger partial charge in [0.05, 0.1) is 10.9 Å². The lowest BCUT2D eigenvalue weighted by atomic mass is 10.1. The van der Waals surface area contributed by atoms with Crippen molar-refractivity contribution in [3.63, 3.8) is 0 Å². The molecule has 2 rings (SSSR count). The molecule has 2 aromatic rings. The van der Waals surface area contributed by atoms with Crippen LogP contribution in [0, 0.1) is 6.92 Å². The second-order valence-electron chi connectivity index (χ2n) is 7.13. The van der Waals surface area contributed by atoms with Crippen molar-refractivity contribution >= 4 is 21.6 Å². The predicted molar refractivity (Wildman–Crippen MR) is 117 cm³/mol. The molecule has 29 heavy (non-hydrogen) atoms. The zero-order valence-electron chi connectivity index (χ0n) is 17.8. The quantitative estimate of drug-likeness (QED) is 0.652. The second kappa shape index (κ2) is 10.0. The molecule has 0 saturated heterocycles. The Morgan fingerprint density at radius 3 is 2.21 bits per heavy atom. The molecule has 2 N–H and O–H groups in total. The number of nitrogens with zero attached hydrogens (tertiary/aromatic N) is 1. The Hall–Kier alpha value is -2.22. The van der Waals surface area contributed by atoms with Crippen molar-refractivity contribution in [1.82, 2.24) is 9.62 Å². The summed E-state index contributed by atoms with van der Waals surface area (Å²) >= 11 is 0. The summed E-state index contributed by atoms with van der Waals surface area (Å²) in [6.07, 6.45) is 0. The van der Waals surface area contributed by atoms with Crippen LogP contribution in [-0.4, -0.2) is 37.8 Å². The fourth-order valence-corrected chi connectivity index (χ4v) is 4.62. The number of aryl methyl sites for hydroxylation is 1. The minimum Gasteiger partial charge on any atom is -0.325 e. The SMILES string of the molecule is CCN(CC)S(=O)(=O)c1ccc([C@H](C)N[C@H](C)C(=O)Nc2cccc(C)c2)cc1. The van der Waals surface area contributed by atoms with Crippen molar-refractivity contribution in [3.8, 4) is 0 Å². The molecule has 0 aliphatic rings. The van der Waals surface area contributed by atoms with Crippen LogP contribution in [0.1, 0.15) is 44.9 Å². The van der Waals surface area contributed by atoms with Gasteiger partial charge >= 0.3 is 0 Å². The van der Waals surface area contributed by atoms with Crippen LogP contribution in [0.5, 0.6) is 0 Å². The number of carbonyl (C=O) groups excluding carboxylic acids is 1. The number of benzene rings is 2. The highest BCUT2D eigenvalue weighted by molar-refractivity contribution is 7.89. The molecule has 2 atom stereocenters. The third-order valence-electron chi connectivity index (χ3n) is 4.90. The summed E-state index contributed by atoms with van der Waals surface area (Å²) in [5.41, 5.74) is 2.76. The van der Waals surface area contributed by atoms with Crippen LogP contribution >= 0.6 is 0 Å². The second-order valence-corrected chi connectivity index (χ2v) is 9.07. The van der Waals surface area contributed by atoms with E-state index in [-0.39, 0.29) is 16.8 Å². The Balaban J connectivity index is 2.03. The van der Waals surface area contributed by atoms with E-state index in [1.807, 2.05) is 52.0 Å². The topological polar surface area (TPSA) is 78.5 Å². The molecule has 0 aliphatic carbocycles. The summed E-state index contributed by atoms with van der Waals surface area (Å²) in [4.78, 5) is 12.7. The molecule has 0 heterocycles. The Bertz CT molecular complexity index is 923. The third kappa shape index (κ3) is 5.88. The molecular formula is C22H31N3O3S. The zero-order chi connectivity index (χ0) is 21.6. The Morgan fingerprint density at radius 2 is 1.66 bits per heavy atom. The molecule has 0 radical (unpaired) electrons. The maximum Gasteiger partial charge on any atom is 0.243 e. The largest absolute Gasteiger partial charge is 0.325 e. The number of hydrogen-bond donors (Lipinski definition) is 2. The first kappa shape index (κ1) is 23.1. The van der Waals surface area contributed by atoms with E-state index in [2.05, 4.69) is 10.6 Å². The minimum absolute atomic E-state index is 0.113. The lowest BCUT2D eigenvalue weighted by Crippen LogP contribution is -2.39. The van der Waals surface area contributed by atoms with E-state index in [0.717, 1.165) is 16.8 Å². The lowest BCUT2D eigenvalue weighted by Gasteiger charge is -2.21. The molecule has 6 nitrogen and oxygen atoms in total. The van der Waals surface area contributed by atoms with Gasteiger partial charge < -0.3 is 5.32 Å². The standard InChI is InChI=1S/C22H31N3O3S/c1-6-25(7-2)29(27,28)21-13-11-19(12-14-21)17(4)23-18(5)22(26)24-20-10-8-9-16(3)15-20/h8-15,17-18,23H,6-7H2,1-5H3,(H,24,26)/t17-,18+/m0/s1. The van der Waals surface area contributed by atoms with Crippen molar-refractivity contribution in [2.45, 2.75) is 51.6 Å². The van der Waals surface area contributed by atoms with Crippen molar-refractivity contribution in [2.75, 3.05) is 18.4 Å². The predicted octanol–water partition coefficient (Wildman–Crippen LogP) is 3.70. The first-order chi connectivity index (χ1) is 13.7. The van der Waals surface area contributed by atoms with Crippen LogP contribution in [0.3, 0.4) is 0 Å². The van der Waals surface area contributed by atoms with Gasteiger partial charge in [-0.05, 0) is 56.2 Å². The van der Waals surface area contributed by atoms with Gasteiger partial charge in [0.15, 0.2) is 0 Å². The van der Waals surface area contributed by atoms with Crippen molar-refractivity contribution in [2.24, 2.45) is 0 Å². The van der Waals surface area contributed by atoms with Gasteiger partial charge in [0.25, 0.3) is 0 Å². The van der Waals surface area contributed by atoms with Gasteiger partial charge in [-0.2, -0.15) is 4.31 Å². The molecule has 0 saturated carbocycles. The number of carbonyl (C=O) groups is 1. The Kier molecular flexibility index (Phi) is 7.96. The van der Waals surface area contributed by atoms with E-state index < -0.39 is 16.1 Å². The van der Waals surface area contributed by atoms with Gasteiger partial charge in [-0.3, -0.25) is 10.1 Å². The van der Waals surface area contributed by atoms with Crippen molar-refractivity contribution in [1.29, 1.82) is 0 Å². The molecule has 0 unspecified atom stereocenters. The molecule has 7 heteroatoms. The molecule has 158 valence electrons. The normalized spacial score (nSPS) is 13.9. The van der Waals surface area contributed by atoms with Crippen LogP contribution < -0.4 is 10.6 Å². The minimum atomic E-state index is -3.47. The Morgan fingerprint density at radius 1 is 1.03 bits per heavy atom. The molecule has 0 aromatic heterocycles. The zero-order valence-corrected chi connectivity index (χ0v) is 18.6. The van der Waals surface area contributed by atoms with E-state index in [4.69, 9.17) is 0 Å². The summed E-state index contributed by atoms with van der Waals surface area (Å²) in [6.45, 7) is 10.3. The van der Waals surface area contributed by atoms with Crippen LogP contribution in [-0.2, 0) is 14.8 Å². The summed E-state index contributed by atoms with van der Waals surface area (Å²) in [5, 5.41) is 6.17. The van der Waals surface area contributed by atoms with Gasteiger partial charge in [0, 0.05) is 24.8 Å². The molecule has 0 fully saturated rings. The van der Waals surface area contributed by atoms with E-state index in [1.165, 1.54) is 4.31 Å². The summed E-state index contributed by atoms with van der Waals surface area (Å²) < 4.78 is 26.6. The Labute approximate surface area is 174 Å². The molecular weight excluding hydrogens is 386 g/mol. The fourth-order valence-electron chi connectivity index (χ4n) is 3.16. The third-order valence-corrected chi connectivity index (χ3v) is 6.97. The van der Waals surface area contributed by atoms with E-state index in [1.54, 1.807) is 31.2 Å². The van der Waals surface area contributed by atoms with Gasteiger partial charge in [-0.1, -0.05) is 38.1 Å². The fraction of sp³-hybridized carbons (Fsp3) is 0.409. The number of amides is 1. The maximum atomic E-state index is 12.6. The number of sulfonamides is 1. The lowest BCUT2D eigenvalue weighted by molar-refractivity contribution is -0.117. The van der Waals surface area contributed by atoms with Crippen molar-refractivity contribution in [3.05, 3.63) is 59.7 Å². The summed E-state index contributed by atoms with van der Waals surface area (Å²) in [6, 6.07) is 14.0. The smallest absolute Gasteiger partial charge is 0.243 e. The molecule has 0 spiro atoms. The monoisotopic (exact) mass is 417 g/mol. The number of rotatable bonds is 9. The van der Waals surface area contributed by atoms with Crippen molar-refractivity contribution < 1.29 is 13.2 Å². The van der Waals surface area contributed by atoms with E-state index in [0.29, 0.717) is 13.1 Å². The van der Waals surface area contributed by atoms with Gasteiger partial charge in [0.2, 0.25) is 15.9 Å². The van der Waals surface area contributed by atoms with E-state index in [9.17, 15) is 13.2 Å². The highest BCUT2D eigenvalue weighted by Crippen LogP contribution is 2.20. The van der Waals surface area contributed by atoms with Crippen LogP contribution in [0.25, 0.3) is 0 Å². The molecule has 0 aliphatic heterocycles. The highest BCUT2D eigenvalue weighted by Gasteiger charge is 2.22. The van der Waals surface area contributed by atoms with Crippen LogP contribution in [0.4, 0.5) is 5.69 Å². The molecule has 0 bridgehead atoms. The highest BCUT2D eigenvalue weighted by atomic mass is 32.2. The molecule has 2 aromatic carbocycles. The number of nitrogens with one attached hydrogen (secondary N) is 2.